The van der Waals surface area contributed by atoms with Gasteiger partial charge in [-0.15, -0.1) is 0 Å². The van der Waals surface area contributed by atoms with E-state index in [0.29, 0.717) is 12.6 Å². The first-order valence-corrected chi connectivity index (χ1v) is 5.70. The van der Waals surface area contributed by atoms with Gasteiger partial charge in [0.1, 0.15) is 18.2 Å². The number of benzene rings is 1. The number of carbonyl (C=O) groups excluding carboxylic acids is 1. The Hall–Kier alpha value is -1.57. The molecule has 19 heavy (non-hydrogen) atoms. The van der Waals surface area contributed by atoms with Crippen molar-refractivity contribution >= 4 is 5.91 Å². The van der Waals surface area contributed by atoms with E-state index < -0.39 is 23.6 Å². The minimum absolute atomic E-state index is 0.0203. The van der Waals surface area contributed by atoms with Gasteiger partial charge in [-0.05, 0) is 6.07 Å². The molecule has 0 fully saturated rings. The zero-order valence-electron chi connectivity index (χ0n) is 10.2. The normalized spacial score (nSPS) is 12.4. The van der Waals surface area contributed by atoms with Crippen LogP contribution in [-0.4, -0.2) is 37.3 Å². The number of hydrogen-bond acceptors (Lipinski definition) is 4. The molecular weight excluding hydrogens is 258 g/mol. The summed E-state index contributed by atoms with van der Waals surface area (Å²) < 4.78 is 30.9. The number of aliphatic hydroxyl groups is 1. The van der Waals surface area contributed by atoms with Crippen molar-refractivity contribution in [3.05, 3.63) is 35.4 Å². The molecule has 1 amide bonds. The predicted octanol–water partition coefficient (Wildman–Crippen LogP) is 0.0897. The molecule has 0 spiro atoms. The number of amides is 1. The van der Waals surface area contributed by atoms with Crippen LogP contribution in [0.1, 0.15) is 11.7 Å². The summed E-state index contributed by atoms with van der Waals surface area (Å²) in [6.07, 6.45) is -1.09. The highest BCUT2D eigenvalue weighted by atomic mass is 19.1. The second kappa shape index (κ2) is 7.78. The van der Waals surface area contributed by atoms with Crippen molar-refractivity contribution in [2.24, 2.45) is 5.73 Å². The largest absolute Gasteiger partial charge is 0.387 e. The minimum Gasteiger partial charge on any atom is -0.387 e. The second-order valence-electron chi connectivity index (χ2n) is 3.90. The van der Waals surface area contributed by atoms with Crippen LogP contribution < -0.4 is 11.1 Å². The molecule has 7 heteroatoms. The summed E-state index contributed by atoms with van der Waals surface area (Å²) in [6, 6.07) is 2.99. The van der Waals surface area contributed by atoms with Crippen LogP contribution in [0.5, 0.6) is 0 Å². The molecule has 0 heterocycles. The molecule has 0 aromatic heterocycles. The summed E-state index contributed by atoms with van der Waals surface area (Å²) in [5, 5.41) is 12.5. The van der Waals surface area contributed by atoms with Crippen LogP contribution in [0.25, 0.3) is 0 Å². The molecule has 0 saturated carbocycles. The number of nitrogens with one attached hydrogen (secondary N) is 1. The van der Waals surface area contributed by atoms with Gasteiger partial charge in [-0.1, -0.05) is 6.07 Å². The maximum atomic E-state index is 13.3. The topological polar surface area (TPSA) is 84.6 Å². The van der Waals surface area contributed by atoms with Crippen LogP contribution >= 0.6 is 0 Å². The lowest BCUT2D eigenvalue weighted by Crippen LogP contribution is -2.27. The Morgan fingerprint density at radius 2 is 2.21 bits per heavy atom. The molecule has 106 valence electrons. The summed E-state index contributed by atoms with van der Waals surface area (Å²) in [4.78, 5) is 10.4. The Kier molecular flexibility index (Phi) is 6.34. The lowest BCUT2D eigenvalue weighted by molar-refractivity contribution is -0.122. The Bertz CT molecular complexity index is 429. The zero-order chi connectivity index (χ0) is 14.3. The van der Waals surface area contributed by atoms with Crippen LogP contribution in [-0.2, 0) is 9.53 Å². The quantitative estimate of drug-likeness (QED) is 0.587. The summed E-state index contributed by atoms with van der Waals surface area (Å²) in [5.74, 6) is -2.05. The Balaban J connectivity index is 2.27. The molecule has 1 aromatic carbocycles. The minimum atomic E-state index is -1.09. The average Bonchev–Trinajstić information content (AvgIpc) is 2.32. The molecule has 4 N–H and O–H groups in total. The van der Waals surface area contributed by atoms with Gasteiger partial charge < -0.3 is 20.9 Å². The summed E-state index contributed by atoms with van der Waals surface area (Å²) >= 11 is 0. The van der Waals surface area contributed by atoms with Crippen LogP contribution in [0.2, 0.25) is 0 Å². The van der Waals surface area contributed by atoms with E-state index in [9.17, 15) is 18.7 Å². The van der Waals surface area contributed by atoms with Crippen LogP contribution in [0.3, 0.4) is 0 Å². The number of aliphatic hydroxyl groups excluding tert-OH is 1. The number of primary amides is 1. The fraction of sp³-hybridized carbons (Fsp3) is 0.417. The maximum absolute atomic E-state index is 13.3. The summed E-state index contributed by atoms with van der Waals surface area (Å²) in [5.41, 5.74) is 4.88. The van der Waals surface area contributed by atoms with Gasteiger partial charge in [0.25, 0.3) is 0 Å². The lowest BCUT2D eigenvalue weighted by atomic mass is 10.1. The molecule has 0 bridgehead atoms. The van der Waals surface area contributed by atoms with Gasteiger partial charge in [0, 0.05) is 24.7 Å². The van der Waals surface area contributed by atoms with E-state index in [4.69, 9.17) is 10.5 Å². The Labute approximate surface area is 109 Å². The third-order valence-electron chi connectivity index (χ3n) is 2.33. The van der Waals surface area contributed by atoms with Gasteiger partial charge in [0.15, 0.2) is 0 Å². The average molecular weight is 274 g/mol. The highest BCUT2D eigenvalue weighted by Crippen LogP contribution is 2.17. The number of hydrogen-bond donors (Lipinski definition) is 3. The maximum Gasteiger partial charge on any atom is 0.243 e. The molecule has 0 radical (unpaired) electrons. The summed E-state index contributed by atoms with van der Waals surface area (Å²) in [6.45, 7) is 0.522. The third kappa shape index (κ3) is 5.73. The second-order valence-corrected chi connectivity index (χ2v) is 3.90. The van der Waals surface area contributed by atoms with Gasteiger partial charge >= 0.3 is 0 Å². The molecule has 1 atom stereocenters. The monoisotopic (exact) mass is 274 g/mol. The first kappa shape index (κ1) is 15.5. The van der Waals surface area contributed by atoms with E-state index in [1.54, 1.807) is 0 Å². The van der Waals surface area contributed by atoms with Crippen molar-refractivity contribution in [2.75, 3.05) is 26.3 Å². The molecule has 5 nitrogen and oxygen atoms in total. The number of carbonyl (C=O) groups is 1. The standard InChI is InChI=1S/C12H16F2N2O3/c13-8-1-2-9(10(14)5-8)11(17)6-16-3-4-19-7-12(15)18/h1-2,5,11,16-17H,3-4,6-7H2,(H2,15,18). The van der Waals surface area contributed by atoms with Gasteiger partial charge in [-0.2, -0.15) is 0 Å². The fourth-order valence-electron chi connectivity index (χ4n) is 1.44. The van der Waals surface area contributed by atoms with E-state index in [-0.39, 0.29) is 25.3 Å². The fourth-order valence-corrected chi connectivity index (χ4v) is 1.44. The zero-order valence-corrected chi connectivity index (χ0v) is 10.2. The van der Waals surface area contributed by atoms with Crippen molar-refractivity contribution in [3.8, 4) is 0 Å². The van der Waals surface area contributed by atoms with E-state index in [1.165, 1.54) is 6.07 Å². The van der Waals surface area contributed by atoms with Gasteiger partial charge in [0.2, 0.25) is 5.91 Å². The smallest absolute Gasteiger partial charge is 0.243 e. The Morgan fingerprint density at radius 3 is 2.84 bits per heavy atom. The SMILES string of the molecule is NC(=O)COCCNCC(O)c1ccc(F)cc1F. The number of rotatable bonds is 8. The predicted molar refractivity (Wildman–Crippen MR) is 64.2 cm³/mol. The van der Waals surface area contributed by atoms with Crippen molar-refractivity contribution < 1.29 is 23.4 Å². The molecule has 0 saturated heterocycles. The van der Waals surface area contributed by atoms with Gasteiger partial charge in [-0.25, -0.2) is 8.78 Å². The first-order valence-electron chi connectivity index (χ1n) is 5.70. The molecule has 1 aromatic rings. The van der Waals surface area contributed by atoms with E-state index in [0.717, 1.165) is 6.07 Å². The highest BCUT2D eigenvalue weighted by molar-refractivity contribution is 5.74. The van der Waals surface area contributed by atoms with Gasteiger partial charge in [-0.3, -0.25) is 4.79 Å². The van der Waals surface area contributed by atoms with E-state index >= 15 is 0 Å². The van der Waals surface area contributed by atoms with Crippen molar-refractivity contribution in [3.63, 3.8) is 0 Å². The summed E-state index contributed by atoms with van der Waals surface area (Å²) in [7, 11) is 0. The van der Waals surface area contributed by atoms with Gasteiger partial charge in [0.05, 0.1) is 12.7 Å². The molecule has 1 unspecified atom stereocenters. The van der Waals surface area contributed by atoms with Crippen LogP contribution in [0, 0.1) is 11.6 Å². The Morgan fingerprint density at radius 1 is 1.47 bits per heavy atom. The first-order chi connectivity index (χ1) is 9.00. The van der Waals surface area contributed by atoms with Crippen molar-refractivity contribution in [2.45, 2.75) is 6.10 Å². The molecule has 0 aliphatic rings. The molecule has 0 aliphatic carbocycles. The number of halogens is 2. The van der Waals surface area contributed by atoms with Crippen molar-refractivity contribution in [1.29, 1.82) is 0 Å². The third-order valence-corrected chi connectivity index (χ3v) is 2.33. The van der Waals surface area contributed by atoms with E-state index in [2.05, 4.69) is 5.32 Å². The van der Waals surface area contributed by atoms with Crippen molar-refractivity contribution in [1.82, 2.24) is 5.32 Å². The molecule has 1 rings (SSSR count). The van der Waals surface area contributed by atoms with Crippen LogP contribution in [0.4, 0.5) is 8.78 Å². The number of nitrogens with two attached hydrogens (primary N) is 1. The van der Waals surface area contributed by atoms with Crippen LogP contribution in [0.15, 0.2) is 18.2 Å². The highest BCUT2D eigenvalue weighted by Gasteiger charge is 2.12. The molecular formula is C12H16F2N2O3. The lowest BCUT2D eigenvalue weighted by Gasteiger charge is -2.13. The van der Waals surface area contributed by atoms with E-state index in [1.807, 2.05) is 0 Å². The molecule has 0 aliphatic heterocycles. The number of ether oxygens (including phenoxy) is 1.